The first-order valence-corrected chi connectivity index (χ1v) is 14.3. The highest BCUT2D eigenvalue weighted by atomic mass is 35.5. The summed E-state index contributed by atoms with van der Waals surface area (Å²) in [5.74, 6) is -1.09. The minimum atomic E-state index is -1.00. The van der Waals surface area contributed by atoms with Gasteiger partial charge in [0, 0.05) is 48.4 Å². The highest BCUT2D eigenvalue weighted by Crippen LogP contribution is 2.29. The molecule has 4 aromatic rings. The highest BCUT2D eigenvalue weighted by molar-refractivity contribution is 7.99. The van der Waals surface area contributed by atoms with Crippen LogP contribution in [0.25, 0.3) is 0 Å². The van der Waals surface area contributed by atoms with Crippen molar-refractivity contribution in [2.24, 2.45) is 0 Å². The van der Waals surface area contributed by atoms with E-state index < -0.39 is 11.9 Å². The number of halogens is 2. The normalized spacial score (nSPS) is 11.6. The van der Waals surface area contributed by atoms with Gasteiger partial charge < -0.3 is 15.1 Å². The molecule has 7 nitrogen and oxygen atoms in total. The fraction of sp³-hybridized carbons (Fsp3) is 0.226. The van der Waals surface area contributed by atoms with Crippen molar-refractivity contribution in [3.63, 3.8) is 0 Å². The molecule has 0 radical (unpaired) electrons. The maximum atomic E-state index is 13.9. The SMILES string of the molecule is Cc1cc(C)nc(SCC(=O)N(Cc2ccc(F)cc2)C(C(=O)Nc2ccc(N(C)C)cc2)c2ccc(Cl)cc2)n1. The number of aromatic nitrogens is 2. The fourth-order valence-corrected chi connectivity index (χ4v) is 5.21. The topological polar surface area (TPSA) is 78.4 Å². The van der Waals surface area contributed by atoms with E-state index in [9.17, 15) is 14.0 Å². The van der Waals surface area contributed by atoms with Gasteiger partial charge in [-0.25, -0.2) is 14.4 Å². The predicted molar refractivity (Wildman–Crippen MR) is 163 cm³/mol. The van der Waals surface area contributed by atoms with Crippen molar-refractivity contribution in [1.29, 1.82) is 0 Å². The van der Waals surface area contributed by atoms with Gasteiger partial charge in [0.25, 0.3) is 5.91 Å². The van der Waals surface area contributed by atoms with E-state index in [1.807, 2.05) is 63.2 Å². The third-order valence-corrected chi connectivity index (χ3v) is 7.35. The zero-order valence-corrected chi connectivity index (χ0v) is 24.8. The number of anilines is 2. The molecule has 10 heteroatoms. The fourth-order valence-electron chi connectivity index (χ4n) is 4.25. The van der Waals surface area contributed by atoms with E-state index in [-0.39, 0.29) is 24.0 Å². The van der Waals surface area contributed by atoms with Crippen LogP contribution in [0.2, 0.25) is 5.02 Å². The van der Waals surface area contributed by atoms with Crippen LogP contribution in [0.4, 0.5) is 15.8 Å². The Hall–Kier alpha value is -3.95. The van der Waals surface area contributed by atoms with Gasteiger partial charge in [-0.1, -0.05) is 47.6 Å². The second kappa shape index (κ2) is 13.6. The molecule has 41 heavy (non-hydrogen) atoms. The lowest BCUT2D eigenvalue weighted by Gasteiger charge is -2.31. The number of rotatable bonds is 10. The monoisotopic (exact) mass is 591 g/mol. The van der Waals surface area contributed by atoms with E-state index in [1.54, 1.807) is 36.4 Å². The molecule has 0 aliphatic rings. The minimum absolute atomic E-state index is 0.00100. The summed E-state index contributed by atoms with van der Waals surface area (Å²) >= 11 is 7.36. The first kappa shape index (κ1) is 30.0. The van der Waals surface area contributed by atoms with Gasteiger partial charge in [-0.15, -0.1) is 0 Å². The van der Waals surface area contributed by atoms with Crippen LogP contribution in [0.3, 0.4) is 0 Å². The summed E-state index contributed by atoms with van der Waals surface area (Å²) in [5, 5.41) is 3.95. The number of benzene rings is 3. The lowest BCUT2D eigenvalue weighted by molar-refractivity contribution is -0.137. The first-order chi connectivity index (χ1) is 19.6. The minimum Gasteiger partial charge on any atom is -0.378 e. The van der Waals surface area contributed by atoms with Crippen LogP contribution in [0, 0.1) is 19.7 Å². The van der Waals surface area contributed by atoms with E-state index in [0.29, 0.717) is 27.0 Å². The predicted octanol–water partition coefficient (Wildman–Crippen LogP) is 6.45. The van der Waals surface area contributed by atoms with Gasteiger partial charge in [0.1, 0.15) is 11.9 Å². The zero-order chi connectivity index (χ0) is 29.5. The molecule has 0 bridgehead atoms. The molecule has 0 aliphatic carbocycles. The summed E-state index contributed by atoms with van der Waals surface area (Å²) in [7, 11) is 3.87. The number of amides is 2. The number of nitrogens with one attached hydrogen (secondary N) is 1. The van der Waals surface area contributed by atoms with Crippen molar-refractivity contribution in [3.05, 3.63) is 112 Å². The molecule has 1 aromatic heterocycles. The van der Waals surface area contributed by atoms with Crippen LogP contribution in [-0.4, -0.2) is 46.5 Å². The molecule has 1 heterocycles. The molecular formula is C31H31ClFN5O2S. The maximum Gasteiger partial charge on any atom is 0.251 e. The van der Waals surface area contributed by atoms with Crippen molar-refractivity contribution in [3.8, 4) is 0 Å². The van der Waals surface area contributed by atoms with Gasteiger partial charge in [0.2, 0.25) is 5.91 Å². The summed E-state index contributed by atoms with van der Waals surface area (Å²) in [5.41, 5.74) is 4.43. The van der Waals surface area contributed by atoms with Crippen LogP contribution in [-0.2, 0) is 16.1 Å². The lowest BCUT2D eigenvalue weighted by atomic mass is 10.0. The Kier molecular flexibility index (Phi) is 9.96. The largest absolute Gasteiger partial charge is 0.378 e. The van der Waals surface area contributed by atoms with E-state index in [4.69, 9.17) is 11.6 Å². The van der Waals surface area contributed by atoms with Gasteiger partial charge in [-0.3, -0.25) is 9.59 Å². The Labute approximate surface area is 248 Å². The average molecular weight is 592 g/mol. The lowest BCUT2D eigenvalue weighted by Crippen LogP contribution is -2.41. The molecule has 1 N–H and O–H groups in total. The molecule has 0 saturated heterocycles. The zero-order valence-electron chi connectivity index (χ0n) is 23.3. The molecule has 0 aliphatic heterocycles. The Morgan fingerprint density at radius 1 is 0.927 bits per heavy atom. The summed E-state index contributed by atoms with van der Waals surface area (Å²) in [4.78, 5) is 40.1. The molecule has 0 spiro atoms. The van der Waals surface area contributed by atoms with E-state index >= 15 is 0 Å². The van der Waals surface area contributed by atoms with Gasteiger partial charge in [0.15, 0.2) is 5.16 Å². The van der Waals surface area contributed by atoms with Crippen molar-refractivity contribution >= 4 is 46.6 Å². The van der Waals surface area contributed by atoms with Gasteiger partial charge in [0.05, 0.1) is 5.75 Å². The average Bonchev–Trinajstić information content (AvgIpc) is 2.93. The Morgan fingerprint density at radius 2 is 1.54 bits per heavy atom. The number of thioether (sulfide) groups is 1. The van der Waals surface area contributed by atoms with Crippen LogP contribution in [0.15, 0.2) is 84.0 Å². The van der Waals surface area contributed by atoms with Gasteiger partial charge in [-0.2, -0.15) is 0 Å². The molecule has 212 valence electrons. The molecule has 0 fully saturated rings. The first-order valence-electron chi connectivity index (χ1n) is 12.9. The number of hydrogen-bond acceptors (Lipinski definition) is 6. The van der Waals surface area contributed by atoms with Crippen molar-refractivity contribution in [1.82, 2.24) is 14.9 Å². The molecule has 0 saturated carbocycles. The van der Waals surface area contributed by atoms with E-state index in [0.717, 1.165) is 17.1 Å². The quantitative estimate of drug-likeness (QED) is 0.169. The van der Waals surface area contributed by atoms with Crippen molar-refractivity contribution in [2.45, 2.75) is 31.6 Å². The number of carbonyl (C=O) groups is 2. The maximum absolute atomic E-state index is 13.9. The number of nitrogens with zero attached hydrogens (tertiary/aromatic N) is 4. The third-order valence-electron chi connectivity index (χ3n) is 6.27. The van der Waals surface area contributed by atoms with Gasteiger partial charge in [-0.05, 0) is 79.6 Å². The second-order valence-electron chi connectivity index (χ2n) is 9.75. The van der Waals surface area contributed by atoms with Gasteiger partial charge >= 0.3 is 0 Å². The standard InChI is InChI=1S/C31H31ClFN5O2S/c1-20-17-21(2)35-31(34-20)41-19-28(39)38(18-22-5-11-25(33)12-6-22)29(23-7-9-24(32)10-8-23)30(40)36-26-13-15-27(16-14-26)37(3)4/h5-17,29H,18-19H2,1-4H3,(H,36,40). The van der Waals surface area contributed by atoms with Crippen LogP contribution >= 0.6 is 23.4 Å². The molecule has 4 rings (SSSR count). The summed E-state index contributed by atoms with van der Waals surface area (Å²) in [6.07, 6.45) is 0. The summed E-state index contributed by atoms with van der Waals surface area (Å²) < 4.78 is 13.7. The van der Waals surface area contributed by atoms with Crippen molar-refractivity contribution in [2.75, 3.05) is 30.1 Å². The smallest absolute Gasteiger partial charge is 0.251 e. The molecule has 3 aromatic carbocycles. The number of aryl methyl sites for hydroxylation is 2. The van der Waals surface area contributed by atoms with Crippen LogP contribution in [0.1, 0.15) is 28.6 Å². The van der Waals surface area contributed by atoms with Crippen molar-refractivity contribution < 1.29 is 14.0 Å². The summed E-state index contributed by atoms with van der Waals surface area (Å²) in [6, 6.07) is 21.0. The molecular weight excluding hydrogens is 561 g/mol. The third kappa shape index (κ3) is 8.28. The Balaban J connectivity index is 1.69. The van der Waals surface area contributed by atoms with Crippen LogP contribution < -0.4 is 10.2 Å². The molecule has 1 unspecified atom stereocenters. The summed E-state index contributed by atoms with van der Waals surface area (Å²) in [6.45, 7) is 3.81. The Bertz CT molecular complexity index is 1480. The Morgan fingerprint density at radius 3 is 2.12 bits per heavy atom. The molecule has 1 atom stereocenters. The number of hydrogen-bond donors (Lipinski definition) is 1. The van der Waals surface area contributed by atoms with E-state index in [2.05, 4.69) is 15.3 Å². The number of carbonyl (C=O) groups excluding carboxylic acids is 2. The highest BCUT2D eigenvalue weighted by Gasteiger charge is 2.32. The molecule has 2 amide bonds. The van der Waals surface area contributed by atoms with Crippen LogP contribution in [0.5, 0.6) is 0 Å². The second-order valence-corrected chi connectivity index (χ2v) is 11.1. The van der Waals surface area contributed by atoms with E-state index in [1.165, 1.54) is 28.8 Å².